The van der Waals surface area contributed by atoms with Crippen molar-refractivity contribution in [1.29, 1.82) is 0 Å². The number of nitrogen functional groups attached to an aromatic ring is 1. The van der Waals surface area contributed by atoms with Crippen LogP contribution >= 0.6 is 11.8 Å². The minimum atomic E-state index is 0.251. The second-order valence-electron chi connectivity index (χ2n) is 4.61. The third kappa shape index (κ3) is 3.05. The minimum Gasteiger partial charge on any atom is -0.308 e. The van der Waals surface area contributed by atoms with Crippen LogP contribution in [-0.2, 0) is 7.05 Å². The lowest BCUT2D eigenvalue weighted by atomic mass is 10.2. The van der Waals surface area contributed by atoms with Crippen molar-refractivity contribution in [2.75, 3.05) is 5.43 Å². The van der Waals surface area contributed by atoms with E-state index >= 15 is 0 Å². The van der Waals surface area contributed by atoms with Crippen molar-refractivity contribution < 1.29 is 0 Å². The zero-order valence-corrected chi connectivity index (χ0v) is 12.3. The maximum absolute atomic E-state index is 5.52. The van der Waals surface area contributed by atoms with Crippen molar-refractivity contribution in [3.63, 3.8) is 0 Å². The highest BCUT2D eigenvalue weighted by Gasteiger charge is 2.14. The first kappa shape index (κ1) is 13.8. The summed E-state index contributed by atoms with van der Waals surface area (Å²) in [4.78, 5) is 10.1. The molecule has 0 amide bonds. The topological polar surface area (TPSA) is 81.7 Å². The van der Waals surface area contributed by atoms with Gasteiger partial charge in [-0.05, 0) is 6.92 Å². The molecule has 0 aliphatic heterocycles. The molecule has 0 aromatic carbocycles. The van der Waals surface area contributed by atoms with E-state index in [1.807, 2.05) is 26.4 Å². The molecule has 0 aliphatic carbocycles. The van der Waals surface area contributed by atoms with Gasteiger partial charge in [0.05, 0.1) is 11.1 Å². The molecule has 0 aliphatic rings. The Morgan fingerprint density at radius 2 is 2.11 bits per heavy atom. The van der Waals surface area contributed by atoms with Gasteiger partial charge in [0.2, 0.25) is 0 Å². The van der Waals surface area contributed by atoms with Crippen molar-refractivity contribution in [2.24, 2.45) is 12.9 Å². The summed E-state index contributed by atoms with van der Waals surface area (Å²) in [5.74, 6) is 7.22. The molecule has 2 aromatic rings. The highest BCUT2D eigenvalue weighted by molar-refractivity contribution is 7.99. The number of anilines is 1. The molecule has 0 atom stereocenters. The Hall–Kier alpha value is -1.60. The average Bonchev–Trinajstić information content (AvgIpc) is 2.77. The van der Waals surface area contributed by atoms with Gasteiger partial charge in [0.1, 0.15) is 16.7 Å². The van der Waals surface area contributed by atoms with Gasteiger partial charge < -0.3 is 5.43 Å². The lowest BCUT2D eigenvalue weighted by Crippen LogP contribution is -2.13. The van der Waals surface area contributed by atoms with Gasteiger partial charge in [-0.15, -0.1) is 0 Å². The van der Waals surface area contributed by atoms with Crippen molar-refractivity contribution in [1.82, 2.24) is 19.7 Å². The first-order chi connectivity index (χ1) is 9.01. The van der Waals surface area contributed by atoms with Gasteiger partial charge in [-0.3, -0.25) is 4.68 Å². The molecule has 6 nitrogen and oxygen atoms in total. The molecule has 102 valence electrons. The summed E-state index contributed by atoms with van der Waals surface area (Å²) in [6, 6.07) is 0. The van der Waals surface area contributed by atoms with Crippen LogP contribution in [0.25, 0.3) is 0 Å². The van der Waals surface area contributed by atoms with Gasteiger partial charge in [0.15, 0.2) is 0 Å². The maximum atomic E-state index is 5.52. The normalized spacial score (nSPS) is 11.1. The van der Waals surface area contributed by atoms with Crippen molar-refractivity contribution >= 4 is 17.6 Å². The molecule has 0 spiro atoms. The summed E-state index contributed by atoms with van der Waals surface area (Å²) in [6.07, 6.45) is 3.77. The van der Waals surface area contributed by atoms with Gasteiger partial charge in [0.25, 0.3) is 0 Å². The van der Waals surface area contributed by atoms with Crippen LogP contribution in [0.3, 0.4) is 0 Å². The van der Waals surface area contributed by atoms with Gasteiger partial charge in [-0.1, -0.05) is 25.6 Å². The monoisotopic (exact) mass is 278 g/mol. The highest BCUT2D eigenvalue weighted by atomic mass is 32.2. The summed E-state index contributed by atoms with van der Waals surface area (Å²) in [7, 11) is 1.89. The van der Waals surface area contributed by atoms with Crippen LogP contribution < -0.4 is 11.3 Å². The third-order valence-corrected chi connectivity index (χ3v) is 3.70. The van der Waals surface area contributed by atoms with Gasteiger partial charge >= 0.3 is 0 Å². The van der Waals surface area contributed by atoms with E-state index in [9.17, 15) is 0 Å². The van der Waals surface area contributed by atoms with Crippen molar-refractivity contribution in [2.45, 2.75) is 36.6 Å². The number of rotatable bonds is 4. The summed E-state index contributed by atoms with van der Waals surface area (Å²) in [5.41, 5.74) is 3.58. The van der Waals surface area contributed by atoms with E-state index < -0.39 is 0 Å². The Morgan fingerprint density at radius 3 is 2.63 bits per heavy atom. The quantitative estimate of drug-likeness (QED) is 0.506. The van der Waals surface area contributed by atoms with Crippen LogP contribution in [0.5, 0.6) is 0 Å². The molecule has 3 N–H and O–H groups in total. The zero-order valence-electron chi connectivity index (χ0n) is 11.5. The first-order valence-corrected chi connectivity index (χ1v) is 6.84. The maximum Gasteiger partial charge on any atom is 0.147 e. The van der Waals surface area contributed by atoms with Gasteiger partial charge in [-0.2, -0.15) is 5.10 Å². The lowest BCUT2D eigenvalue weighted by Gasteiger charge is -2.12. The Kier molecular flexibility index (Phi) is 4.06. The van der Waals surface area contributed by atoms with Crippen molar-refractivity contribution in [3.8, 4) is 0 Å². The largest absolute Gasteiger partial charge is 0.308 e. The fourth-order valence-electron chi connectivity index (χ4n) is 1.57. The summed E-state index contributed by atoms with van der Waals surface area (Å²) >= 11 is 1.57. The molecular formula is C12H18N6S. The predicted octanol–water partition coefficient (Wildman–Crippen LogP) is 2.08. The fourth-order valence-corrected chi connectivity index (χ4v) is 2.49. The smallest absolute Gasteiger partial charge is 0.147 e. The Bertz CT molecular complexity index is 578. The summed E-state index contributed by atoms with van der Waals surface area (Å²) in [6.45, 7) is 6.07. The van der Waals surface area contributed by atoms with Crippen LogP contribution in [0.4, 0.5) is 5.82 Å². The highest BCUT2D eigenvalue weighted by Crippen LogP contribution is 2.31. The summed E-state index contributed by atoms with van der Waals surface area (Å²) in [5, 5.41) is 5.06. The van der Waals surface area contributed by atoms with E-state index in [4.69, 9.17) is 5.84 Å². The molecule has 0 saturated heterocycles. The molecule has 7 heteroatoms. The SMILES string of the molecule is Cc1c(NN)nc(C(C)C)nc1Sc1cnn(C)c1. The third-order valence-electron chi connectivity index (χ3n) is 2.67. The van der Waals surface area contributed by atoms with Gasteiger partial charge in [0, 0.05) is 24.7 Å². The molecule has 2 heterocycles. The number of aryl methyl sites for hydroxylation is 1. The van der Waals surface area contributed by atoms with Crippen LogP contribution in [0.15, 0.2) is 22.3 Å². The standard InChI is InChI=1S/C12H18N6S/c1-7(2)10-15-11(17-13)8(3)12(16-10)19-9-5-14-18(4)6-9/h5-7H,13H2,1-4H3,(H,15,16,17). The Labute approximate surface area is 116 Å². The summed E-state index contributed by atoms with van der Waals surface area (Å²) < 4.78 is 1.77. The zero-order chi connectivity index (χ0) is 14.0. The van der Waals surface area contributed by atoms with E-state index in [1.165, 1.54) is 0 Å². The van der Waals surface area contributed by atoms with E-state index in [2.05, 4.69) is 34.3 Å². The number of nitrogens with zero attached hydrogens (tertiary/aromatic N) is 4. The fraction of sp³-hybridized carbons (Fsp3) is 0.417. The number of hydrogen-bond donors (Lipinski definition) is 2. The first-order valence-electron chi connectivity index (χ1n) is 6.03. The van der Waals surface area contributed by atoms with Crippen LogP contribution in [0, 0.1) is 6.92 Å². The molecule has 0 radical (unpaired) electrons. The number of nitrogens with two attached hydrogens (primary N) is 1. The van der Waals surface area contributed by atoms with E-state index in [-0.39, 0.29) is 5.92 Å². The second kappa shape index (κ2) is 5.58. The molecule has 0 unspecified atom stereocenters. The Morgan fingerprint density at radius 1 is 1.37 bits per heavy atom. The van der Waals surface area contributed by atoms with E-state index in [1.54, 1.807) is 16.4 Å². The van der Waals surface area contributed by atoms with E-state index in [0.717, 1.165) is 21.3 Å². The molecular weight excluding hydrogens is 260 g/mol. The number of aromatic nitrogens is 4. The molecule has 0 fully saturated rings. The number of nitrogens with one attached hydrogen (secondary N) is 1. The number of hydrogen-bond acceptors (Lipinski definition) is 6. The molecule has 0 saturated carbocycles. The van der Waals surface area contributed by atoms with Crippen LogP contribution in [-0.4, -0.2) is 19.7 Å². The Balaban J connectivity index is 2.40. The predicted molar refractivity (Wildman–Crippen MR) is 76.0 cm³/mol. The van der Waals surface area contributed by atoms with E-state index in [0.29, 0.717) is 5.82 Å². The average molecular weight is 278 g/mol. The number of hydrazine groups is 1. The molecule has 2 aromatic heterocycles. The molecule has 2 rings (SSSR count). The van der Waals surface area contributed by atoms with Crippen LogP contribution in [0.1, 0.15) is 31.2 Å². The minimum absolute atomic E-state index is 0.251. The second-order valence-corrected chi connectivity index (χ2v) is 5.67. The molecule has 0 bridgehead atoms. The van der Waals surface area contributed by atoms with Crippen molar-refractivity contribution in [3.05, 3.63) is 23.8 Å². The molecule has 19 heavy (non-hydrogen) atoms. The van der Waals surface area contributed by atoms with Gasteiger partial charge in [-0.25, -0.2) is 15.8 Å². The van der Waals surface area contributed by atoms with Crippen LogP contribution in [0.2, 0.25) is 0 Å². The lowest BCUT2D eigenvalue weighted by molar-refractivity contribution is 0.748.